The zero-order chi connectivity index (χ0) is 32.0. The topological polar surface area (TPSA) is 113 Å². The largest absolute Gasteiger partial charge is 0.497 e. The van der Waals surface area contributed by atoms with Gasteiger partial charge in [0.05, 0.1) is 18.2 Å². The Bertz CT molecular complexity index is 1850. The number of piperazine rings is 1. The number of aromatic nitrogens is 1. The second kappa shape index (κ2) is 10.8. The molecule has 4 fully saturated rings. The molecule has 0 radical (unpaired) electrons. The van der Waals surface area contributed by atoms with E-state index in [4.69, 9.17) is 4.74 Å². The number of carbonyl (C=O) groups is 2. The quantitative estimate of drug-likeness (QED) is 0.412. The predicted octanol–water partition coefficient (Wildman–Crippen LogP) is 4.35. The summed E-state index contributed by atoms with van der Waals surface area (Å²) in [6, 6.07) is 12.3. The van der Waals surface area contributed by atoms with Crippen molar-refractivity contribution in [3.8, 4) is 17.0 Å². The number of hydrogen-bond acceptors (Lipinski definition) is 6. The van der Waals surface area contributed by atoms with Crippen LogP contribution in [-0.4, -0.2) is 80.4 Å². The van der Waals surface area contributed by atoms with Gasteiger partial charge >= 0.3 is 10.2 Å². The third-order valence-corrected chi connectivity index (χ3v) is 12.9. The summed E-state index contributed by atoms with van der Waals surface area (Å²) in [5.74, 6) is 0.808. The summed E-state index contributed by atoms with van der Waals surface area (Å²) in [4.78, 5) is 30.4. The summed E-state index contributed by atoms with van der Waals surface area (Å²) in [5, 5.41) is 4.61. The molecule has 2 saturated carbocycles. The van der Waals surface area contributed by atoms with Crippen molar-refractivity contribution in [2.45, 2.75) is 81.8 Å². The Balaban J connectivity index is 1.33. The first-order valence-electron chi connectivity index (χ1n) is 16.8. The molecule has 10 nitrogen and oxygen atoms in total. The smallest absolute Gasteiger partial charge is 0.303 e. The van der Waals surface area contributed by atoms with Gasteiger partial charge in [-0.2, -0.15) is 12.7 Å². The molecule has 4 atom stereocenters. The number of rotatable bonds is 6. The van der Waals surface area contributed by atoms with Gasteiger partial charge in [0.15, 0.2) is 0 Å². The van der Waals surface area contributed by atoms with Crippen molar-refractivity contribution in [3.63, 3.8) is 0 Å². The van der Waals surface area contributed by atoms with Gasteiger partial charge in [-0.05, 0) is 79.5 Å². The second-order valence-electron chi connectivity index (χ2n) is 14.3. The number of carbonyl (C=O) groups excluding carboxylic acids is 2. The molecule has 8 rings (SSSR count). The molecule has 2 N–H and O–H groups in total. The summed E-state index contributed by atoms with van der Waals surface area (Å²) in [6.45, 7) is 2.20. The van der Waals surface area contributed by atoms with Gasteiger partial charge in [0.25, 0.3) is 5.91 Å². The lowest BCUT2D eigenvalue weighted by molar-refractivity contribution is -0.141. The third kappa shape index (κ3) is 4.52. The highest BCUT2D eigenvalue weighted by atomic mass is 32.2. The first kappa shape index (κ1) is 30.0. The summed E-state index contributed by atoms with van der Waals surface area (Å²) in [6.07, 6.45) is 8.61. The molecule has 2 saturated heterocycles. The van der Waals surface area contributed by atoms with E-state index in [9.17, 15) is 18.0 Å². The molecule has 3 aromatic rings. The van der Waals surface area contributed by atoms with Crippen LogP contribution in [-0.2, 0) is 21.5 Å². The van der Waals surface area contributed by atoms with Gasteiger partial charge in [0.1, 0.15) is 5.75 Å². The van der Waals surface area contributed by atoms with E-state index in [2.05, 4.69) is 31.6 Å². The highest BCUT2D eigenvalue weighted by Gasteiger charge is 2.65. The lowest BCUT2D eigenvalue weighted by Crippen LogP contribution is -2.56. The zero-order valence-corrected chi connectivity index (χ0v) is 27.7. The van der Waals surface area contributed by atoms with Crippen molar-refractivity contribution >= 4 is 32.9 Å². The van der Waals surface area contributed by atoms with Gasteiger partial charge in [-0.1, -0.05) is 25.3 Å². The molecule has 1 aromatic heterocycles. The van der Waals surface area contributed by atoms with Crippen LogP contribution in [0.4, 0.5) is 0 Å². The summed E-state index contributed by atoms with van der Waals surface area (Å²) >= 11 is 0. The van der Waals surface area contributed by atoms with E-state index in [1.165, 1.54) is 44.5 Å². The molecule has 244 valence electrons. The number of amides is 2. The average molecular weight is 646 g/mol. The van der Waals surface area contributed by atoms with E-state index in [0.29, 0.717) is 12.5 Å². The standard InChI is InChI=1S/C35H43N5O5S/c1-38(2)46(43,44)37-33(41)22-9-13-27-30(15-22)39-20-35(34(42)40-23-10-11-24(40)19-36-18-23)17-29(35)28-16-25(45-3)12-14-26(28)32(39)31(27)21-7-5-4-6-8-21/h9,12-16,21,23-24,29,36H,4-8,10-11,17-20H2,1-3H3,(H,37,41)/t23-,24+,29?,35?. The number of hydrogen-bond donors (Lipinski definition) is 2. The first-order valence-corrected chi connectivity index (χ1v) is 18.2. The molecule has 46 heavy (non-hydrogen) atoms. The van der Waals surface area contributed by atoms with Crippen molar-refractivity contribution in [2.75, 3.05) is 34.3 Å². The fourth-order valence-corrected chi connectivity index (χ4v) is 9.59. The molecule has 11 heteroatoms. The average Bonchev–Trinajstić information content (AvgIpc) is 3.65. The van der Waals surface area contributed by atoms with Crippen LogP contribution in [0, 0.1) is 5.41 Å². The van der Waals surface area contributed by atoms with Crippen LogP contribution in [0.1, 0.15) is 84.7 Å². The lowest BCUT2D eigenvalue weighted by Gasteiger charge is -2.38. The highest BCUT2D eigenvalue weighted by Crippen LogP contribution is 2.66. The van der Waals surface area contributed by atoms with E-state index in [1.807, 2.05) is 18.2 Å². The maximum Gasteiger partial charge on any atom is 0.303 e. The number of fused-ring (bicyclic) bond motifs is 9. The molecular weight excluding hydrogens is 602 g/mol. The molecule has 0 spiro atoms. The fourth-order valence-electron chi connectivity index (χ4n) is 9.06. The number of methoxy groups -OCH3 is 1. The SMILES string of the molecule is COc1ccc2c(c1)C1CC1(C(=O)N1[C@@H]3CC[C@H]1CNC3)Cn1c-2c(C2CCCCC2)c2ccc(C(=O)NS(=O)(=O)N(C)C)cc21. The minimum atomic E-state index is -3.96. The van der Waals surface area contributed by atoms with Gasteiger partial charge in [-0.3, -0.25) is 9.59 Å². The van der Waals surface area contributed by atoms with Gasteiger partial charge in [0.2, 0.25) is 5.91 Å². The van der Waals surface area contributed by atoms with E-state index in [1.54, 1.807) is 13.2 Å². The monoisotopic (exact) mass is 645 g/mol. The Hall–Kier alpha value is -3.41. The minimum Gasteiger partial charge on any atom is -0.497 e. The molecule has 3 aliphatic heterocycles. The molecule has 2 bridgehead atoms. The number of nitrogens with one attached hydrogen (secondary N) is 2. The maximum absolute atomic E-state index is 14.9. The Morgan fingerprint density at radius 3 is 2.43 bits per heavy atom. The minimum absolute atomic E-state index is 0.0743. The van der Waals surface area contributed by atoms with Crippen LogP contribution in [0.15, 0.2) is 36.4 Å². The predicted molar refractivity (Wildman–Crippen MR) is 176 cm³/mol. The van der Waals surface area contributed by atoms with E-state index in [-0.39, 0.29) is 29.5 Å². The van der Waals surface area contributed by atoms with Gasteiger partial charge in [-0.15, -0.1) is 0 Å². The normalized spacial score (nSPS) is 27.1. The second-order valence-corrected chi connectivity index (χ2v) is 16.1. The summed E-state index contributed by atoms with van der Waals surface area (Å²) in [7, 11) is 0.510. The molecule has 4 heterocycles. The van der Waals surface area contributed by atoms with Crippen LogP contribution in [0.25, 0.3) is 22.2 Å². The van der Waals surface area contributed by atoms with Gasteiger partial charge in [0, 0.05) is 73.8 Å². The van der Waals surface area contributed by atoms with E-state index in [0.717, 1.165) is 77.4 Å². The van der Waals surface area contributed by atoms with Gasteiger partial charge < -0.3 is 19.5 Å². The molecular formula is C35H43N5O5S. The van der Waals surface area contributed by atoms with Crippen molar-refractivity contribution in [2.24, 2.45) is 5.41 Å². The Kier molecular flexibility index (Phi) is 7.04. The molecule has 2 amide bonds. The van der Waals surface area contributed by atoms with Gasteiger partial charge in [-0.25, -0.2) is 4.72 Å². The highest BCUT2D eigenvalue weighted by molar-refractivity contribution is 7.87. The van der Waals surface area contributed by atoms with E-state index >= 15 is 0 Å². The number of ether oxygens (including phenoxy) is 1. The van der Waals surface area contributed by atoms with E-state index < -0.39 is 21.5 Å². The molecule has 2 aromatic carbocycles. The molecule has 2 unspecified atom stereocenters. The zero-order valence-electron chi connectivity index (χ0n) is 26.8. The van der Waals surface area contributed by atoms with Crippen LogP contribution in [0.2, 0.25) is 0 Å². The maximum atomic E-state index is 14.9. The third-order valence-electron chi connectivity index (χ3n) is 11.5. The summed E-state index contributed by atoms with van der Waals surface area (Å²) in [5.41, 5.74) is 5.31. The Morgan fingerprint density at radius 2 is 1.74 bits per heavy atom. The van der Waals surface area contributed by atoms with Crippen molar-refractivity contribution in [1.82, 2.24) is 23.8 Å². The molecule has 5 aliphatic rings. The van der Waals surface area contributed by atoms with Crippen molar-refractivity contribution in [1.29, 1.82) is 0 Å². The number of nitrogens with zero attached hydrogens (tertiary/aromatic N) is 3. The van der Waals surface area contributed by atoms with Crippen LogP contribution in [0.5, 0.6) is 5.75 Å². The number of benzene rings is 2. The van der Waals surface area contributed by atoms with Crippen molar-refractivity contribution < 1.29 is 22.7 Å². The van der Waals surface area contributed by atoms with Crippen LogP contribution >= 0.6 is 0 Å². The van der Waals surface area contributed by atoms with Crippen LogP contribution in [0.3, 0.4) is 0 Å². The molecule has 2 aliphatic carbocycles. The summed E-state index contributed by atoms with van der Waals surface area (Å²) < 4.78 is 36.4. The Morgan fingerprint density at radius 1 is 1.00 bits per heavy atom. The van der Waals surface area contributed by atoms with Crippen molar-refractivity contribution in [3.05, 3.63) is 53.1 Å². The Labute approximate surface area is 270 Å². The first-order chi connectivity index (χ1) is 22.1. The van der Waals surface area contributed by atoms with Crippen LogP contribution < -0.4 is 14.8 Å². The lowest BCUT2D eigenvalue weighted by atomic mass is 9.81. The fraction of sp³-hybridized carbons (Fsp3) is 0.543.